The summed E-state index contributed by atoms with van der Waals surface area (Å²) in [5, 5.41) is 12.3. The Morgan fingerprint density at radius 3 is 2.31 bits per heavy atom. The molecule has 2 amide bonds. The molecule has 3 atom stereocenters. The van der Waals surface area contributed by atoms with Crippen LogP contribution in [0.25, 0.3) is 0 Å². The normalized spacial score (nSPS) is 31.7. The maximum atomic E-state index is 13.3. The molecule has 156 valence electrons. The summed E-state index contributed by atoms with van der Waals surface area (Å²) in [4.78, 5) is 39.5. The Kier molecular flexibility index (Phi) is 5.88. The number of hydrogen-bond donors (Lipinski definition) is 2. The van der Waals surface area contributed by atoms with Gasteiger partial charge in [-0.3, -0.25) is 14.4 Å². The van der Waals surface area contributed by atoms with Gasteiger partial charge in [-0.2, -0.15) is 0 Å². The molecule has 0 aromatic heterocycles. The number of nitrogens with one attached hydrogen (secondary N) is 1. The van der Waals surface area contributed by atoms with E-state index >= 15 is 0 Å². The van der Waals surface area contributed by atoms with Crippen molar-refractivity contribution in [3.8, 4) is 0 Å². The lowest BCUT2D eigenvalue weighted by molar-refractivity contribution is -0.142. The van der Waals surface area contributed by atoms with E-state index in [-0.39, 0.29) is 29.8 Å². The van der Waals surface area contributed by atoms with Crippen molar-refractivity contribution in [2.24, 2.45) is 11.8 Å². The molecule has 2 N–H and O–H groups in total. The smallest absolute Gasteiger partial charge is 0.306 e. The van der Waals surface area contributed by atoms with E-state index in [2.05, 4.69) is 5.32 Å². The van der Waals surface area contributed by atoms with Crippen LogP contribution < -0.4 is 5.32 Å². The van der Waals surface area contributed by atoms with E-state index < -0.39 is 12.0 Å². The lowest BCUT2D eigenvalue weighted by Gasteiger charge is -2.34. The largest absolute Gasteiger partial charge is 0.481 e. The van der Waals surface area contributed by atoms with Crippen LogP contribution in [0.15, 0.2) is 30.3 Å². The van der Waals surface area contributed by atoms with Gasteiger partial charge in [0.05, 0.1) is 5.92 Å². The van der Waals surface area contributed by atoms with Crippen LogP contribution in [0.3, 0.4) is 0 Å². The van der Waals surface area contributed by atoms with Crippen molar-refractivity contribution >= 4 is 17.8 Å². The minimum atomic E-state index is -0.741. The van der Waals surface area contributed by atoms with E-state index in [9.17, 15) is 19.5 Å². The number of rotatable bonds is 4. The van der Waals surface area contributed by atoms with Gasteiger partial charge in [0.25, 0.3) is 5.91 Å². The zero-order valence-corrected chi connectivity index (χ0v) is 16.8. The van der Waals surface area contributed by atoms with Gasteiger partial charge in [-0.25, -0.2) is 0 Å². The molecule has 2 aliphatic carbocycles. The van der Waals surface area contributed by atoms with Crippen LogP contribution in [0.5, 0.6) is 0 Å². The summed E-state index contributed by atoms with van der Waals surface area (Å²) in [6.07, 6.45) is 7.64. The third kappa shape index (κ3) is 4.16. The van der Waals surface area contributed by atoms with E-state index in [4.69, 9.17) is 0 Å². The van der Waals surface area contributed by atoms with Crippen LogP contribution in [-0.4, -0.2) is 45.9 Å². The number of benzene rings is 1. The molecule has 6 heteroatoms. The van der Waals surface area contributed by atoms with Crippen molar-refractivity contribution < 1.29 is 19.5 Å². The van der Waals surface area contributed by atoms with Gasteiger partial charge in [-0.15, -0.1) is 0 Å². The number of carbonyl (C=O) groups is 3. The van der Waals surface area contributed by atoms with Crippen LogP contribution in [-0.2, 0) is 9.59 Å². The Balaban J connectivity index is 1.47. The zero-order chi connectivity index (χ0) is 20.4. The first-order valence-corrected chi connectivity index (χ1v) is 11.0. The summed E-state index contributed by atoms with van der Waals surface area (Å²) in [6, 6.07) is 8.98. The molecule has 1 aromatic carbocycles. The predicted molar refractivity (Wildman–Crippen MR) is 108 cm³/mol. The molecule has 3 fully saturated rings. The average molecular weight is 399 g/mol. The number of aliphatic carboxylic acids is 1. The van der Waals surface area contributed by atoms with E-state index in [1.807, 2.05) is 35.2 Å². The van der Waals surface area contributed by atoms with Gasteiger partial charge < -0.3 is 15.3 Å². The monoisotopic (exact) mass is 398 g/mol. The quantitative estimate of drug-likeness (QED) is 0.815. The van der Waals surface area contributed by atoms with Gasteiger partial charge >= 0.3 is 5.97 Å². The van der Waals surface area contributed by atoms with Crippen LogP contribution in [0.4, 0.5) is 0 Å². The van der Waals surface area contributed by atoms with Crippen molar-refractivity contribution in [1.82, 2.24) is 10.2 Å². The van der Waals surface area contributed by atoms with Crippen molar-refractivity contribution in [2.75, 3.05) is 0 Å². The summed E-state index contributed by atoms with van der Waals surface area (Å²) in [7, 11) is 0. The molecule has 6 nitrogen and oxygen atoms in total. The first-order valence-electron chi connectivity index (χ1n) is 11.0. The predicted octanol–water partition coefficient (Wildman–Crippen LogP) is 3.22. The standard InChI is InChI=1S/C23H30N2O4/c26-21(24-18-12-10-16(11-13-18)23(28)29)20-14-17-8-4-5-9-19(17)25(20)22(27)15-6-2-1-3-7-15/h1-3,6-7,16-20H,4-5,8-14H2,(H,24,26)(H,28,29). The lowest BCUT2D eigenvalue weighted by atomic mass is 9.84. The van der Waals surface area contributed by atoms with Crippen LogP contribution in [0.2, 0.25) is 0 Å². The Morgan fingerprint density at radius 1 is 0.931 bits per heavy atom. The number of fused-ring (bicyclic) bond motifs is 1. The highest BCUT2D eigenvalue weighted by atomic mass is 16.4. The van der Waals surface area contributed by atoms with Gasteiger partial charge in [0.15, 0.2) is 0 Å². The van der Waals surface area contributed by atoms with Crippen molar-refractivity contribution in [3.05, 3.63) is 35.9 Å². The number of likely N-dealkylation sites (tertiary alicyclic amines) is 1. The molecular weight excluding hydrogens is 368 g/mol. The van der Waals surface area contributed by atoms with E-state index in [1.165, 1.54) is 6.42 Å². The van der Waals surface area contributed by atoms with Gasteiger partial charge in [0, 0.05) is 17.6 Å². The second-order valence-electron chi connectivity index (χ2n) is 8.84. The number of amides is 2. The Morgan fingerprint density at radius 2 is 1.62 bits per heavy atom. The summed E-state index contributed by atoms with van der Waals surface area (Å²) in [5.74, 6) is -0.755. The van der Waals surface area contributed by atoms with Crippen molar-refractivity contribution in [3.63, 3.8) is 0 Å². The number of carboxylic acid groups (broad SMARTS) is 1. The number of carbonyl (C=O) groups excluding carboxylic acids is 2. The van der Waals surface area contributed by atoms with Gasteiger partial charge in [0.1, 0.15) is 6.04 Å². The van der Waals surface area contributed by atoms with E-state index in [1.54, 1.807) is 0 Å². The molecule has 3 unspecified atom stereocenters. The highest BCUT2D eigenvalue weighted by Gasteiger charge is 2.47. The van der Waals surface area contributed by atoms with Crippen LogP contribution in [0, 0.1) is 11.8 Å². The molecule has 0 radical (unpaired) electrons. The third-order valence-corrected chi connectivity index (χ3v) is 7.07. The Hall–Kier alpha value is -2.37. The molecule has 1 aliphatic heterocycles. The van der Waals surface area contributed by atoms with Gasteiger partial charge in [0.2, 0.25) is 5.91 Å². The topological polar surface area (TPSA) is 86.7 Å². The Bertz CT molecular complexity index is 757. The summed E-state index contributed by atoms with van der Waals surface area (Å²) < 4.78 is 0. The number of nitrogens with zero attached hydrogens (tertiary/aromatic N) is 1. The molecule has 0 spiro atoms. The van der Waals surface area contributed by atoms with Crippen LogP contribution in [0.1, 0.15) is 68.1 Å². The molecule has 2 saturated carbocycles. The fourth-order valence-electron chi connectivity index (χ4n) is 5.50. The second kappa shape index (κ2) is 8.56. The second-order valence-corrected chi connectivity index (χ2v) is 8.84. The lowest BCUT2D eigenvalue weighted by Crippen LogP contribution is -2.52. The third-order valence-electron chi connectivity index (χ3n) is 7.07. The van der Waals surface area contributed by atoms with Crippen molar-refractivity contribution in [2.45, 2.75) is 75.9 Å². The number of hydrogen-bond acceptors (Lipinski definition) is 3. The maximum Gasteiger partial charge on any atom is 0.306 e. The van der Waals surface area contributed by atoms with Crippen LogP contribution >= 0.6 is 0 Å². The zero-order valence-electron chi connectivity index (χ0n) is 16.8. The average Bonchev–Trinajstić information content (AvgIpc) is 3.14. The summed E-state index contributed by atoms with van der Waals surface area (Å²) in [5.41, 5.74) is 0.637. The van der Waals surface area contributed by atoms with E-state index in [0.29, 0.717) is 37.2 Å². The summed E-state index contributed by atoms with van der Waals surface area (Å²) in [6.45, 7) is 0. The Labute approximate surface area is 171 Å². The highest BCUT2D eigenvalue weighted by molar-refractivity contribution is 5.98. The molecule has 1 aromatic rings. The molecule has 29 heavy (non-hydrogen) atoms. The maximum absolute atomic E-state index is 13.3. The van der Waals surface area contributed by atoms with Gasteiger partial charge in [-0.05, 0) is 63.0 Å². The molecule has 1 heterocycles. The molecule has 3 aliphatic rings. The van der Waals surface area contributed by atoms with Crippen molar-refractivity contribution in [1.29, 1.82) is 0 Å². The first-order chi connectivity index (χ1) is 14.0. The highest BCUT2D eigenvalue weighted by Crippen LogP contribution is 2.40. The molecule has 1 saturated heterocycles. The fraction of sp³-hybridized carbons (Fsp3) is 0.609. The SMILES string of the molecule is O=C(O)C1CCC(NC(=O)C2CC3CCCCC3N2C(=O)c2ccccc2)CC1. The number of carboxylic acids is 1. The fourth-order valence-corrected chi connectivity index (χ4v) is 5.50. The molecular formula is C23H30N2O4. The first kappa shape index (κ1) is 19.9. The molecule has 0 bridgehead atoms. The summed E-state index contributed by atoms with van der Waals surface area (Å²) >= 11 is 0. The van der Waals surface area contributed by atoms with E-state index in [0.717, 1.165) is 25.7 Å². The minimum Gasteiger partial charge on any atom is -0.481 e. The van der Waals surface area contributed by atoms with Gasteiger partial charge in [-0.1, -0.05) is 31.0 Å². The minimum absolute atomic E-state index is 0.00871. The molecule has 4 rings (SSSR count).